The molecule has 2 aliphatic heterocycles. The van der Waals surface area contributed by atoms with Crippen LogP contribution in [0.1, 0.15) is 27.0 Å². The molecule has 0 bridgehead atoms. The fourth-order valence-corrected chi connectivity index (χ4v) is 4.98. The first kappa shape index (κ1) is 13.0. The molecule has 23 heavy (non-hydrogen) atoms. The predicted molar refractivity (Wildman–Crippen MR) is 91.2 cm³/mol. The zero-order valence-corrected chi connectivity index (χ0v) is 13.0. The Morgan fingerprint density at radius 2 is 1.22 bits per heavy atom. The third-order valence-corrected chi connectivity index (χ3v) is 5.90. The van der Waals surface area contributed by atoms with Crippen molar-refractivity contribution in [2.45, 2.75) is 4.75 Å². The smallest absolute Gasteiger partial charge is 0.221 e. The van der Waals surface area contributed by atoms with E-state index in [1.807, 2.05) is 54.6 Å². The minimum absolute atomic E-state index is 0.118. The molecule has 3 aromatic carbocycles. The molecule has 2 heterocycles. The first-order valence-corrected chi connectivity index (χ1v) is 8.32. The normalized spacial score (nSPS) is 16.4. The second-order valence-electron chi connectivity index (χ2n) is 5.71. The second kappa shape index (κ2) is 4.49. The van der Waals surface area contributed by atoms with Crippen LogP contribution in [0.25, 0.3) is 0 Å². The quantitative estimate of drug-likeness (QED) is 0.585. The van der Waals surface area contributed by atoms with Gasteiger partial charge in [-0.1, -0.05) is 72.4 Å². The van der Waals surface area contributed by atoms with E-state index in [1.165, 1.54) is 11.8 Å². The van der Waals surface area contributed by atoms with Crippen LogP contribution in [-0.2, 0) is 4.75 Å². The van der Waals surface area contributed by atoms with Crippen LogP contribution in [0, 0.1) is 0 Å². The van der Waals surface area contributed by atoms with Crippen molar-refractivity contribution in [3.8, 4) is 11.5 Å². The first-order chi connectivity index (χ1) is 11.3. The molecule has 0 saturated carbocycles. The molecule has 2 aliphatic rings. The molecule has 0 unspecified atom stereocenters. The van der Waals surface area contributed by atoms with Gasteiger partial charge < -0.3 is 4.74 Å². The van der Waals surface area contributed by atoms with Crippen LogP contribution in [0.5, 0.6) is 11.5 Å². The molecule has 0 amide bonds. The number of thioether (sulfide) groups is 1. The van der Waals surface area contributed by atoms with Crippen LogP contribution >= 0.6 is 11.8 Å². The summed E-state index contributed by atoms with van der Waals surface area (Å²) in [7, 11) is 0. The zero-order chi connectivity index (χ0) is 15.4. The molecule has 110 valence electrons. The number of hydrogen-bond donors (Lipinski definition) is 0. The lowest BCUT2D eigenvalue weighted by Crippen LogP contribution is -2.27. The van der Waals surface area contributed by atoms with Crippen molar-refractivity contribution >= 4 is 16.9 Å². The number of ether oxygens (including phenoxy) is 1. The summed E-state index contributed by atoms with van der Waals surface area (Å²) in [5.41, 5.74) is 3.94. The second-order valence-corrected chi connectivity index (χ2v) is 6.90. The van der Waals surface area contributed by atoms with Crippen LogP contribution in [-0.4, -0.2) is 5.12 Å². The van der Waals surface area contributed by atoms with Gasteiger partial charge >= 0.3 is 0 Å². The Bertz CT molecular complexity index is 916. The number of carbonyl (C=O) groups excluding carboxylic acids is 1. The largest absolute Gasteiger partial charge is 0.457 e. The molecule has 3 heteroatoms. The predicted octanol–water partition coefficient (Wildman–Crippen LogP) is 4.97. The van der Waals surface area contributed by atoms with Gasteiger partial charge in [0.15, 0.2) is 0 Å². The fourth-order valence-electron chi connectivity index (χ4n) is 3.57. The van der Waals surface area contributed by atoms with E-state index >= 15 is 0 Å². The number of carbonyl (C=O) groups is 1. The molecule has 2 nitrogen and oxygen atoms in total. The minimum Gasteiger partial charge on any atom is -0.457 e. The SMILES string of the molecule is O=C1SC2(c3ccccc3Oc3ccccc32)c2ccccc21. The lowest BCUT2D eigenvalue weighted by atomic mass is 9.80. The molecule has 0 saturated heterocycles. The first-order valence-electron chi connectivity index (χ1n) is 7.50. The van der Waals surface area contributed by atoms with Crippen molar-refractivity contribution < 1.29 is 9.53 Å². The Morgan fingerprint density at radius 3 is 1.87 bits per heavy atom. The van der Waals surface area contributed by atoms with E-state index in [0.29, 0.717) is 0 Å². The van der Waals surface area contributed by atoms with Gasteiger partial charge in [0.2, 0.25) is 5.12 Å². The average molecular weight is 316 g/mol. The number of hydrogen-bond acceptors (Lipinski definition) is 3. The Kier molecular flexibility index (Phi) is 2.53. The molecular formula is C20H12O2S. The lowest BCUT2D eigenvalue weighted by Gasteiger charge is -2.36. The fraction of sp³-hybridized carbons (Fsp3) is 0.0500. The van der Waals surface area contributed by atoms with Gasteiger partial charge in [-0.3, -0.25) is 4.79 Å². The average Bonchev–Trinajstić information content (AvgIpc) is 2.90. The van der Waals surface area contributed by atoms with Crippen molar-refractivity contribution in [1.82, 2.24) is 0 Å². The van der Waals surface area contributed by atoms with Crippen LogP contribution in [0.3, 0.4) is 0 Å². The van der Waals surface area contributed by atoms with Crippen molar-refractivity contribution in [2.75, 3.05) is 0 Å². The van der Waals surface area contributed by atoms with E-state index in [1.54, 1.807) is 0 Å². The van der Waals surface area contributed by atoms with E-state index in [-0.39, 0.29) is 5.12 Å². The molecular weight excluding hydrogens is 304 g/mol. The Morgan fingerprint density at radius 1 is 0.696 bits per heavy atom. The highest BCUT2D eigenvalue weighted by Gasteiger charge is 2.51. The summed E-state index contributed by atoms with van der Waals surface area (Å²) in [6, 6.07) is 23.9. The van der Waals surface area contributed by atoms with Gasteiger partial charge in [0.1, 0.15) is 16.2 Å². The monoisotopic (exact) mass is 316 g/mol. The van der Waals surface area contributed by atoms with Crippen molar-refractivity contribution in [1.29, 1.82) is 0 Å². The highest BCUT2D eigenvalue weighted by atomic mass is 32.2. The van der Waals surface area contributed by atoms with Gasteiger partial charge in [-0.05, 0) is 17.7 Å². The molecule has 0 radical (unpaired) electrons. The standard InChI is InChI=1S/C20H12O2S/c21-19-13-7-1-2-8-14(13)20(23-19)15-9-3-5-11-17(15)22-18-12-6-4-10-16(18)20/h1-12H. The van der Waals surface area contributed by atoms with Crippen LogP contribution < -0.4 is 4.74 Å². The Balaban J connectivity index is 1.93. The van der Waals surface area contributed by atoms with Gasteiger partial charge in [-0.15, -0.1) is 0 Å². The summed E-state index contributed by atoms with van der Waals surface area (Å²) in [6.45, 7) is 0. The van der Waals surface area contributed by atoms with E-state index in [2.05, 4.69) is 18.2 Å². The zero-order valence-electron chi connectivity index (χ0n) is 12.2. The maximum absolute atomic E-state index is 12.7. The maximum atomic E-state index is 12.7. The number of benzene rings is 3. The molecule has 0 atom stereocenters. The van der Waals surface area contributed by atoms with Crippen molar-refractivity contribution in [2.24, 2.45) is 0 Å². The summed E-state index contributed by atoms with van der Waals surface area (Å²) >= 11 is 1.38. The Hall–Kier alpha value is -2.52. The van der Waals surface area contributed by atoms with Crippen LogP contribution in [0.4, 0.5) is 0 Å². The van der Waals surface area contributed by atoms with E-state index in [9.17, 15) is 4.79 Å². The van der Waals surface area contributed by atoms with E-state index in [4.69, 9.17) is 4.74 Å². The number of rotatable bonds is 0. The molecule has 0 aliphatic carbocycles. The maximum Gasteiger partial charge on any atom is 0.221 e. The summed E-state index contributed by atoms with van der Waals surface area (Å²) in [5, 5.41) is 0.118. The number of fused-ring (bicyclic) bond motifs is 6. The topological polar surface area (TPSA) is 26.3 Å². The molecule has 5 rings (SSSR count). The van der Waals surface area contributed by atoms with Crippen molar-refractivity contribution in [3.05, 3.63) is 95.1 Å². The van der Waals surface area contributed by atoms with Gasteiger partial charge in [-0.2, -0.15) is 0 Å². The van der Waals surface area contributed by atoms with Crippen LogP contribution in [0.15, 0.2) is 72.8 Å². The Labute approximate surface area is 138 Å². The molecule has 0 fully saturated rings. The summed E-state index contributed by atoms with van der Waals surface area (Å²) in [6.07, 6.45) is 0. The molecule has 0 aromatic heterocycles. The lowest BCUT2D eigenvalue weighted by molar-refractivity contribution is 0.109. The van der Waals surface area contributed by atoms with Crippen LogP contribution in [0.2, 0.25) is 0 Å². The van der Waals surface area contributed by atoms with Gasteiger partial charge in [-0.25, -0.2) is 0 Å². The van der Waals surface area contributed by atoms with Gasteiger partial charge in [0, 0.05) is 16.7 Å². The number of para-hydroxylation sites is 2. The highest BCUT2D eigenvalue weighted by molar-refractivity contribution is 8.15. The summed E-state index contributed by atoms with van der Waals surface area (Å²) in [4.78, 5) is 12.7. The highest BCUT2D eigenvalue weighted by Crippen LogP contribution is 2.61. The van der Waals surface area contributed by atoms with Gasteiger partial charge in [0.05, 0.1) is 0 Å². The molecule has 1 spiro atoms. The molecule has 0 N–H and O–H groups in total. The third-order valence-electron chi connectivity index (χ3n) is 4.52. The molecule has 3 aromatic rings. The van der Waals surface area contributed by atoms with E-state index in [0.717, 1.165) is 33.8 Å². The summed E-state index contributed by atoms with van der Waals surface area (Å²) in [5.74, 6) is 1.64. The van der Waals surface area contributed by atoms with Gasteiger partial charge in [0.25, 0.3) is 0 Å². The van der Waals surface area contributed by atoms with Crippen molar-refractivity contribution in [3.63, 3.8) is 0 Å². The summed E-state index contributed by atoms with van der Waals surface area (Å²) < 4.78 is 5.58. The minimum atomic E-state index is -0.515. The third kappa shape index (κ3) is 1.57. The van der Waals surface area contributed by atoms with E-state index < -0.39 is 4.75 Å².